The zero-order valence-corrected chi connectivity index (χ0v) is 11.2. The number of nitrogens with one attached hydrogen (secondary N) is 1. The van der Waals surface area contributed by atoms with Gasteiger partial charge in [0, 0.05) is 12.4 Å². The molecule has 7 heteroatoms. The molecular formula is C12H13ClN6. The Labute approximate surface area is 116 Å². The topological polar surface area (TPSA) is 68.5 Å². The lowest BCUT2D eigenvalue weighted by atomic mass is 10.2. The van der Waals surface area contributed by atoms with Gasteiger partial charge in [-0.2, -0.15) is 15.0 Å². The lowest BCUT2D eigenvalue weighted by Gasteiger charge is -2.12. The summed E-state index contributed by atoms with van der Waals surface area (Å²) in [6, 6.07) is -0.126. The molecule has 0 fully saturated rings. The molecule has 0 amide bonds. The van der Waals surface area contributed by atoms with E-state index in [0.717, 1.165) is 12.8 Å². The first-order valence-electron chi connectivity index (χ1n) is 5.85. The molecule has 0 saturated heterocycles. The molecule has 1 unspecified atom stereocenters. The monoisotopic (exact) mass is 276 g/mol. The quantitative estimate of drug-likeness (QED) is 0.845. The predicted octanol–water partition coefficient (Wildman–Crippen LogP) is 1.92. The van der Waals surface area contributed by atoms with E-state index in [4.69, 9.17) is 18.0 Å². The van der Waals surface area contributed by atoms with Crippen molar-refractivity contribution >= 4 is 17.5 Å². The summed E-state index contributed by atoms with van der Waals surface area (Å²) in [6.07, 6.45) is 12.2. The lowest BCUT2D eigenvalue weighted by molar-refractivity contribution is 0.744. The van der Waals surface area contributed by atoms with Crippen molar-refractivity contribution in [3.8, 4) is 18.3 Å². The maximum atomic E-state index is 5.88. The SMILES string of the molecule is C#CC(CCC)Nc1nc(Cl)nc(-n2ccnc2)n1. The number of hydrogen-bond acceptors (Lipinski definition) is 5. The highest BCUT2D eigenvalue weighted by atomic mass is 35.5. The highest BCUT2D eigenvalue weighted by molar-refractivity contribution is 6.28. The van der Waals surface area contributed by atoms with Gasteiger partial charge < -0.3 is 5.32 Å². The van der Waals surface area contributed by atoms with Crippen LogP contribution in [0.15, 0.2) is 18.7 Å². The summed E-state index contributed by atoms with van der Waals surface area (Å²) >= 11 is 5.88. The smallest absolute Gasteiger partial charge is 0.241 e. The first kappa shape index (κ1) is 13.3. The normalized spacial score (nSPS) is 11.8. The molecule has 2 aromatic rings. The fourth-order valence-corrected chi connectivity index (χ4v) is 1.69. The first-order valence-corrected chi connectivity index (χ1v) is 6.23. The van der Waals surface area contributed by atoms with Crippen molar-refractivity contribution in [3.05, 3.63) is 24.0 Å². The molecule has 6 nitrogen and oxygen atoms in total. The van der Waals surface area contributed by atoms with E-state index in [1.807, 2.05) is 0 Å². The largest absolute Gasteiger partial charge is 0.340 e. The van der Waals surface area contributed by atoms with Gasteiger partial charge in [-0.25, -0.2) is 4.98 Å². The van der Waals surface area contributed by atoms with Crippen molar-refractivity contribution in [2.75, 3.05) is 5.32 Å². The number of anilines is 1. The number of hydrogen-bond donors (Lipinski definition) is 1. The molecule has 0 aromatic carbocycles. The van der Waals surface area contributed by atoms with E-state index in [1.165, 1.54) is 0 Å². The van der Waals surface area contributed by atoms with Crippen molar-refractivity contribution < 1.29 is 0 Å². The molecule has 0 aliphatic rings. The van der Waals surface area contributed by atoms with Gasteiger partial charge in [0.2, 0.25) is 17.2 Å². The van der Waals surface area contributed by atoms with Crippen LogP contribution in [0.5, 0.6) is 0 Å². The van der Waals surface area contributed by atoms with E-state index in [9.17, 15) is 0 Å². The molecule has 0 saturated carbocycles. The summed E-state index contributed by atoms with van der Waals surface area (Å²) in [6.45, 7) is 2.06. The third kappa shape index (κ3) is 3.42. The molecule has 0 bridgehead atoms. The molecular weight excluding hydrogens is 264 g/mol. The Morgan fingerprint density at radius 2 is 2.32 bits per heavy atom. The molecule has 0 radical (unpaired) electrons. The number of rotatable bonds is 5. The molecule has 19 heavy (non-hydrogen) atoms. The van der Waals surface area contributed by atoms with Crippen LogP contribution < -0.4 is 5.32 Å². The Kier molecular flexibility index (Phi) is 4.31. The van der Waals surface area contributed by atoms with Gasteiger partial charge in [-0.05, 0) is 18.0 Å². The Bertz CT molecular complexity index is 574. The van der Waals surface area contributed by atoms with E-state index >= 15 is 0 Å². The lowest BCUT2D eigenvalue weighted by Crippen LogP contribution is -2.19. The Morgan fingerprint density at radius 3 is 2.95 bits per heavy atom. The molecule has 0 aliphatic heterocycles. The van der Waals surface area contributed by atoms with Crippen LogP contribution in [0.3, 0.4) is 0 Å². The second kappa shape index (κ2) is 6.16. The van der Waals surface area contributed by atoms with Crippen LogP contribution in [0, 0.1) is 12.3 Å². The van der Waals surface area contributed by atoms with Gasteiger partial charge in [-0.3, -0.25) is 4.57 Å². The Hall–Kier alpha value is -2.13. The van der Waals surface area contributed by atoms with Crippen LogP contribution in [0.1, 0.15) is 19.8 Å². The number of nitrogens with zero attached hydrogens (tertiary/aromatic N) is 5. The summed E-state index contributed by atoms with van der Waals surface area (Å²) in [7, 11) is 0. The molecule has 2 aromatic heterocycles. The maximum Gasteiger partial charge on any atom is 0.241 e. The second-order valence-corrected chi connectivity index (χ2v) is 4.19. The van der Waals surface area contributed by atoms with Gasteiger partial charge in [-0.15, -0.1) is 6.42 Å². The summed E-state index contributed by atoms with van der Waals surface area (Å²) in [5.74, 6) is 3.41. The summed E-state index contributed by atoms with van der Waals surface area (Å²) < 4.78 is 1.64. The van der Waals surface area contributed by atoms with Crippen molar-refractivity contribution in [1.29, 1.82) is 0 Å². The Morgan fingerprint density at radius 1 is 1.47 bits per heavy atom. The fourth-order valence-electron chi connectivity index (χ4n) is 1.54. The third-order valence-corrected chi connectivity index (χ3v) is 2.58. The van der Waals surface area contributed by atoms with Crippen molar-refractivity contribution in [3.63, 3.8) is 0 Å². The third-order valence-electron chi connectivity index (χ3n) is 2.41. The highest BCUT2D eigenvalue weighted by Crippen LogP contribution is 2.11. The fraction of sp³-hybridized carbons (Fsp3) is 0.333. The molecule has 1 N–H and O–H groups in total. The second-order valence-electron chi connectivity index (χ2n) is 3.85. The van der Waals surface area contributed by atoms with Crippen molar-refractivity contribution in [1.82, 2.24) is 24.5 Å². The van der Waals surface area contributed by atoms with Crippen LogP contribution >= 0.6 is 11.6 Å². The minimum Gasteiger partial charge on any atom is -0.340 e. The van der Waals surface area contributed by atoms with E-state index in [-0.39, 0.29) is 11.3 Å². The van der Waals surface area contributed by atoms with Gasteiger partial charge >= 0.3 is 0 Å². The highest BCUT2D eigenvalue weighted by Gasteiger charge is 2.10. The summed E-state index contributed by atoms with van der Waals surface area (Å²) in [5, 5.41) is 3.16. The zero-order valence-electron chi connectivity index (χ0n) is 10.4. The van der Waals surface area contributed by atoms with Crippen LogP contribution in [-0.2, 0) is 0 Å². The summed E-state index contributed by atoms with van der Waals surface area (Å²) in [4.78, 5) is 16.2. The van der Waals surface area contributed by atoms with Crippen LogP contribution in [0.4, 0.5) is 5.95 Å². The molecule has 2 heterocycles. The minimum atomic E-state index is -0.126. The van der Waals surface area contributed by atoms with Gasteiger partial charge in [0.05, 0.1) is 6.04 Å². The average Bonchev–Trinajstić information content (AvgIpc) is 2.91. The maximum absolute atomic E-state index is 5.88. The van der Waals surface area contributed by atoms with Gasteiger partial charge in [0.25, 0.3) is 0 Å². The predicted molar refractivity (Wildman–Crippen MR) is 73.1 cm³/mol. The van der Waals surface area contributed by atoms with Crippen molar-refractivity contribution in [2.24, 2.45) is 0 Å². The van der Waals surface area contributed by atoms with E-state index < -0.39 is 0 Å². The van der Waals surface area contributed by atoms with Gasteiger partial charge in [0.15, 0.2) is 0 Å². The minimum absolute atomic E-state index is 0.105. The van der Waals surface area contributed by atoms with Gasteiger partial charge in [0.1, 0.15) is 6.33 Å². The van der Waals surface area contributed by atoms with Crippen LogP contribution in [0.2, 0.25) is 5.28 Å². The number of terminal acetylenes is 1. The summed E-state index contributed by atoms with van der Waals surface area (Å²) in [5.41, 5.74) is 0. The van der Waals surface area contributed by atoms with Crippen LogP contribution in [0.25, 0.3) is 5.95 Å². The standard InChI is InChI=1S/C12H13ClN6/c1-3-5-9(4-2)15-11-16-10(13)17-12(18-11)19-7-6-14-8-19/h2,6-9H,3,5H2,1H3,(H,15,16,17,18). The van der Waals surface area contributed by atoms with E-state index in [1.54, 1.807) is 23.3 Å². The number of imidazole rings is 1. The van der Waals surface area contributed by atoms with Crippen LogP contribution in [-0.4, -0.2) is 30.5 Å². The van der Waals surface area contributed by atoms with E-state index in [2.05, 4.69) is 38.1 Å². The zero-order chi connectivity index (χ0) is 13.7. The number of aromatic nitrogens is 5. The van der Waals surface area contributed by atoms with Gasteiger partial charge in [-0.1, -0.05) is 19.3 Å². The Balaban J connectivity index is 2.25. The first-order chi connectivity index (χ1) is 9.22. The number of halogens is 1. The average molecular weight is 277 g/mol. The molecule has 1 atom stereocenters. The van der Waals surface area contributed by atoms with E-state index in [0.29, 0.717) is 11.9 Å². The van der Waals surface area contributed by atoms with Crippen molar-refractivity contribution in [2.45, 2.75) is 25.8 Å². The molecule has 0 spiro atoms. The molecule has 98 valence electrons. The molecule has 0 aliphatic carbocycles. The molecule has 2 rings (SSSR count).